The molecule has 0 spiro atoms. The zero-order valence-corrected chi connectivity index (χ0v) is 12.1. The summed E-state index contributed by atoms with van der Waals surface area (Å²) >= 11 is 0. The fraction of sp³-hybridized carbons (Fsp3) is 0.500. The van der Waals surface area contributed by atoms with E-state index in [1.54, 1.807) is 24.3 Å². The van der Waals surface area contributed by atoms with E-state index in [0.717, 1.165) is 12.8 Å². The van der Waals surface area contributed by atoms with E-state index in [1.807, 2.05) is 13.0 Å². The van der Waals surface area contributed by atoms with Crippen molar-refractivity contribution >= 4 is 11.9 Å². The van der Waals surface area contributed by atoms with Gasteiger partial charge in [0.05, 0.1) is 6.10 Å². The van der Waals surface area contributed by atoms with E-state index in [1.165, 1.54) is 0 Å². The van der Waals surface area contributed by atoms with Crippen molar-refractivity contribution < 1.29 is 19.4 Å². The van der Waals surface area contributed by atoms with Gasteiger partial charge in [-0.1, -0.05) is 30.3 Å². The number of carbonyl (C=O) groups excluding carboxylic acids is 1. The molecule has 21 heavy (non-hydrogen) atoms. The van der Waals surface area contributed by atoms with Crippen LogP contribution in [-0.4, -0.2) is 29.7 Å². The number of nitrogens with one attached hydrogen (secondary N) is 1. The minimum Gasteiger partial charge on any atom is -0.479 e. The van der Waals surface area contributed by atoms with Gasteiger partial charge in [-0.15, -0.1) is 0 Å². The molecule has 0 radical (unpaired) electrons. The number of amides is 1. The van der Waals surface area contributed by atoms with Gasteiger partial charge >= 0.3 is 5.97 Å². The lowest BCUT2D eigenvalue weighted by Crippen LogP contribution is -2.38. The number of carboxylic acids is 1. The zero-order chi connectivity index (χ0) is 15.2. The Balaban J connectivity index is 1.84. The average Bonchev–Trinajstić information content (AvgIpc) is 2.43. The van der Waals surface area contributed by atoms with Gasteiger partial charge in [-0.25, -0.2) is 4.79 Å². The number of carbonyl (C=O) groups is 2. The van der Waals surface area contributed by atoms with Crippen LogP contribution in [0.3, 0.4) is 0 Å². The summed E-state index contributed by atoms with van der Waals surface area (Å²) in [6.07, 6.45) is 2.38. The number of ether oxygens (including phenoxy) is 1. The second kappa shape index (κ2) is 7.22. The molecule has 0 aliphatic heterocycles. The van der Waals surface area contributed by atoms with E-state index in [0.29, 0.717) is 24.5 Å². The van der Waals surface area contributed by atoms with Crippen molar-refractivity contribution in [2.45, 2.75) is 38.3 Å². The van der Waals surface area contributed by atoms with Gasteiger partial charge in [-0.2, -0.15) is 0 Å². The zero-order valence-electron chi connectivity index (χ0n) is 12.1. The molecule has 0 bridgehead atoms. The molecule has 0 heterocycles. The fourth-order valence-corrected chi connectivity index (χ4v) is 2.63. The number of aliphatic carboxylic acids is 1. The Hall–Kier alpha value is -1.88. The Bertz CT molecular complexity index is 482. The van der Waals surface area contributed by atoms with Crippen LogP contribution in [-0.2, 0) is 14.3 Å². The molecule has 5 nitrogen and oxygen atoms in total. The minimum atomic E-state index is -1.05. The van der Waals surface area contributed by atoms with E-state index >= 15 is 0 Å². The maximum Gasteiger partial charge on any atom is 0.330 e. The molecule has 1 aliphatic rings. The predicted molar refractivity (Wildman–Crippen MR) is 77.7 cm³/mol. The van der Waals surface area contributed by atoms with Crippen molar-refractivity contribution in [2.24, 2.45) is 5.92 Å². The standard InChI is InChI=1S/C16H21NO4/c1-2-21-13-8-11(9-13)10-14(18)17-15(16(19)20)12-6-4-3-5-7-12/h3-7,11,13,15H,2,8-10H2,1H3,(H,17,18)(H,19,20). The second-order valence-corrected chi connectivity index (χ2v) is 5.37. The van der Waals surface area contributed by atoms with Gasteiger partial charge < -0.3 is 15.2 Å². The highest BCUT2D eigenvalue weighted by atomic mass is 16.5. The molecule has 1 fully saturated rings. The highest BCUT2D eigenvalue weighted by Crippen LogP contribution is 2.32. The molecular weight excluding hydrogens is 270 g/mol. The van der Waals surface area contributed by atoms with Gasteiger partial charge in [0.1, 0.15) is 0 Å². The molecule has 1 unspecified atom stereocenters. The van der Waals surface area contributed by atoms with Crippen LogP contribution in [0.15, 0.2) is 30.3 Å². The average molecular weight is 291 g/mol. The van der Waals surface area contributed by atoms with Gasteiger partial charge in [-0.3, -0.25) is 4.79 Å². The van der Waals surface area contributed by atoms with Crippen LogP contribution in [0.4, 0.5) is 0 Å². The smallest absolute Gasteiger partial charge is 0.330 e. The van der Waals surface area contributed by atoms with Crippen molar-refractivity contribution in [1.82, 2.24) is 5.32 Å². The third-order valence-corrected chi connectivity index (χ3v) is 3.75. The highest BCUT2D eigenvalue weighted by molar-refractivity contribution is 5.84. The Kier molecular flexibility index (Phi) is 5.33. The first-order valence-corrected chi connectivity index (χ1v) is 7.28. The van der Waals surface area contributed by atoms with Gasteiger partial charge in [0.25, 0.3) is 0 Å². The largest absolute Gasteiger partial charge is 0.479 e. The summed E-state index contributed by atoms with van der Waals surface area (Å²) in [5.74, 6) is -0.965. The molecule has 1 atom stereocenters. The Morgan fingerprint density at radius 1 is 1.33 bits per heavy atom. The molecule has 114 valence electrons. The molecule has 1 aromatic carbocycles. The van der Waals surface area contributed by atoms with Crippen molar-refractivity contribution in [3.05, 3.63) is 35.9 Å². The van der Waals surface area contributed by atoms with Crippen molar-refractivity contribution in [2.75, 3.05) is 6.61 Å². The summed E-state index contributed by atoms with van der Waals surface area (Å²) in [6.45, 7) is 2.65. The van der Waals surface area contributed by atoms with Crippen LogP contribution < -0.4 is 5.32 Å². The van der Waals surface area contributed by atoms with Gasteiger partial charge in [-0.05, 0) is 31.2 Å². The topological polar surface area (TPSA) is 75.6 Å². The van der Waals surface area contributed by atoms with Crippen LogP contribution >= 0.6 is 0 Å². The predicted octanol–water partition coefficient (Wildman–Crippen LogP) is 2.13. The Labute approximate surface area is 124 Å². The molecule has 5 heteroatoms. The maximum absolute atomic E-state index is 12.0. The SMILES string of the molecule is CCOC1CC(CC(=O)NC(C(=O)O)c2ccccc2)C1. The van der Waals surface area contributed by atoms with E-state index in [2.05, 4.69) is 5.32 Å². The van der Waals surface area contributed by atoms with E-state index in [4.69, 9.17) is 4.74 Å². The van der Waals surface area contributed by atoms with Crippen molar-refractivity contribution in [1.29, 1.82) is 0 Å². The Morgan fingerprint density at radius 2 is 2.00 bits per heavy atom. The van der Waals surface area contributed by atoms with Crippen LogP contribution in [0.2, 0.25) is 0 Å². The van der Waals surface area contributed by atoms with E-state index in [9.17, 15) is 14.7 Å². The summed E-state index contributed by atoms with van der Waals surface area (Å²) in [5, 5.41) is 11.9. The molecule has 0 saturated heterocycles. The summed E-state index contributed by atoms with van der Waals surface area (Å²) in [7, 11) is 0. The lowest BCUT2D eigenvalue weighted by atomic mass is 9.80. The normalized spacial score (nSPS) is 22.1. The number of benzene rings is 1. The highest BCUT2D eigenvalue weighted by Gasteiger charge is 2.32. The van der Waals surface area contributed by atoms with Gasteiger partial charge in [0, 0.05) is 13.0 Å². The lowest BCUT2D eigenvalue weighted by Gasteiger charge is -2.34. The van der Waals surface area contributed by atoms with Crippen LogP contribution in [0.5, 0.6) is 0 Å². The molecule has 0 aromatic heterocycles. The first-order chi connectivity index (χ1) is 10.1. The third kappa shape index (κ3) is 4.29. The molecule has 2 rings (SSSR count). The van der Waals surface area contributed by atoms with Crippen molar-refractivity contribution in [3.8, 4) is 0 Å². The second-order valence-electron chi connectivity index (χ2n) is 5.37. The lowest BCUT2D eigenvalue weighted by molar-refractivity contribution is -0.142. The third-order valence-electron chi connectivity index (χ3n) is 3.75. The van der Waals surface area contributed by atoms with E-state index in [-0.39, 0.29) is 12.0 Å². The first kappa shape index (κ1) is 15.5. The van der Waals surface area contributed by atoms with Gasteiger partial charge in [0.15, 0.2) is 6.04 Å². The van der Waals surface area contributed by atoms with E-state index < -0.39 is 12.0 Å². The van der Waals surface area contributed by atoms with Crippen LogP contribution in [0.25, 0.3) is 0 Å². The Morgan fingerprint density at radius 3 is 2.57 bits per heavy atom. The first-order valence-electron chi connectivity index (χ1n) is 7.28. The summed E-state index contributed by atoms with van der Waals surface area (Å²) in [6, 6.07) is 7.75. The molecule has 1 aliphatic carbocycles. The number of carboxylic acid groups (broad SMARTS) is 1. The molecule has 1 amide bonds. The quantitative estimate of drug-likeness (QED) is 0.807. The van der Waals surface area contributed by atoms with Crippen LogP contribution in [0.1, 0.15) is 37.8 Å². The fourth-order valence-electron chi connectivity index (χ4n) is 2.63. The molecule has 2 N–H and O–H groups in total. The summed E-state index contributed by atoms with van der Waals surface area (Å²) < 4.78 is 5.45. The molecule has 1 saturated carbocycles. The maximum atomic E-state index is 12.0. The summed E-state index contributed by atoms with van der Waals surface area (Å²) in [5.41, 5.74) is 0.583. The molecule has 1 aromatic rings. The number of hydrogen-bond acceptors (Lipinski definition) is 3. The summed E-state index contributed by atoms with van der Waals surface area (Å²) in [4.78, 5) is 23.3. The van der Waals surface area contributed by atoms with Crippen molar-refractivity contribution in [3.63, 3.8) is 0 Å². The van der Waals surface area contributed by atoms with Gasteiger partial charge in [0.2, 0.25) is 5.91 Å². The monoisotopic (exact) mass is 291 g/mol. The molecular formula is C16H21NO4. The minimum absolute atomic E-state index is 0.216. The number of hydrogen-bond donors (Lipinski definition) is 2. The number of rotatable bonds is 7. The van der Waals surface area contributed by atoms with Crippen LogP contribution in [0, 0.1) is 5.92 Å².